The fourth-order valence-electron chi connectivity index (χ4n) is 2.17. The average molecular weight is 233 g/mol. The molecule has 1 aliphatic rings. The fourth-order valence-corrected chi connectivity index (χ4v) is 2.17. The van der Waals surface area contributed by atoms with Gasteiger partial charge >= 0.3 is 0 Å². The number of ether oxygens (including phenoxy) is 1. The molecule has 2 amide bonds. The van der Waals surface area contributed by atoms with Crippen molar-refractivity contribution < 1.29 is 14.3 Å². The normalized spacial score (nSPS) is 16.9. The summed E-state index contributed by atoms with van der Waals surface area (Å²) in [6.45, 7) is 5.04. The second-order valence-corrected chi connectivity index (χ2v) is 4.67. The van der Waals surface area contributed by atoms with Gasteiger partial charge in [0, 0.05) is 13.0 Å². The van der Waals surface area contributed by atoms with Crippen LogP contribution in [0.3, 0.4) is 0 Å². The lowest BCUT2D eigenvalue weighted by Crippen LogP contribution is -2.38. The average Bonchev–Trinajstić information content (AvgIpc) is 2.47. The van der Waals surface area contributed by atoms with Crippen LogP contribution in [-0.2, 0) is 15.0 Å². The van der Waals surface area contributed by atoms with Crippen molar-refractivity contribution in [2.75, 3.05) is 12.0 Å². The van der Waals surface area contributed by atoms with E-state index in [1.165, 1.54) is 11.8 Å². The number of carbonyl (C=O) groups excluding carboxylic acids is 2. The second-order valence-electron chi connectivity index (χ2n) is 4.67. The summed E-state index contributed by atoms with van der Waals surface area (Å²) in [6, 6.07) is 5.37. The Morgan fingerprint density at radius 1 is 1.35 bits per heavy atom. The summed E-state index contributed by atoms with van der Waals surface area (Å²) in [4.78, 5) is 25.0. The van der Waals surface area contributed by atoms with Gasteiger partial charge in [0.2, 0.25) is 11.8 Å². The van der Waals surface area contributed by atoms with E-state index in [-0.39, 0.29) is 11.8 Å². The Balaban J connectivity index is 2.66. The number of rotatable bonds is 1. The Kier molecular flexibility index (Phi) is 2.45. The highest BCUT2D eigenvalue weighted by molar-refractivity contribution is 6.22. The van der Waals surface area contributed by atoms with Gasteiger partial charge in [-0.05, 0) is 25.5 Å². The van der Waals surface area contributed by atoms with E-state index in [2.05, 4.69) is 0 Å². The molecule has 0 bridgehead atoms. The monoisotopic (exact) mass is 233 g/mol. The minimum atomic E-state index is -0.659. The molecular formula is C13H15NO3. The van der Waals surface area contributed by atoms with Gasteiger partial charge in [0.15, 0.2) is 0 Å². The zero-order valence-electron chi connectivity index (χ0n) is 10.4. The van der Waals surface area contributed by atoms with Crippen LogP contribution in [0.15, 0.2) is 18.2 Å². The topological polar surface area (TPSA) is 46.6 Å². The third-order valence-electron chi connectivity index (χ3n) is 3.17. The molecule has 0 fully saturated rings. The molecule has 1 aliphatic heterocycles. The van der Waals surface area contributed by atoms with Crippen LogP contribution in [0, 0.1) is 0 Å². The smallest absolute Gasteiger partial charge is 0.243 e. The van der Waals surface area contributed by atoms with Crippen molar-refractivity contribution in [3.63, 3.8) is 0 Å². The van der Waals surface area contributed by atoms with Crippen molar-refractivity contribution in [1.82, 2.24) is 0 Å². The lowest BCUT2D eigenvalue weighted by molar-refractivity contribution is -0.127. The first kappa shape index (κ1) is 11.6. The molecule has 0 saturated carbocycles. The number of benzene rings is 1. The summed E-state index contributed by atoms with van der Waals surface area (Å²) in [7, 11) is 1.56. The number of imide groups is 1. The summed E-state index contributed by atoms with van der Waals surface area (Å²) in [5.74, 6) is 0.184. The van der Waals surface area contributed by atoms with Gasteiger partial charge in [-0.3, -0.25) is 9.59 Å². The van der Waals surface area contributed by atoms with Crippen LogP contribution >= 0.6 is 0 Å². The van der Waals surface area contributed by atoms with Crippen LogP contribution in [0.25, 0.3) is 0 Å². The molecule has 1 heterocycles. The lowest BCUT2D eigenvalue weighted by atomic mass is 9.86. The standard InChI is InChI=1S/C13H15NO3/c1-8(15)14-11-7-9(17-4)5-6-10(11)13(2,3)12(14)16/h5-7H,1-4H3. The highest BCUT2D eigenvalue weighted by atomic mass is 16.5. The Labute approximate surface area is 100 Å². The second kappa shape index (κ2) is 3.58. The van der Waals surface area contributed by atoms with E-state index in [4.69, 9.17) is 4.74 Å². The first-order valence-corrected chi connectivity index (χ1v) is 5.43. The third kappa shape index (κ3) is 1.52. The maximum Gasteiger partial charge on any atom is 0.243 e. The Morgan fingerprint density at radius 3 is 2.53 bits per heavy atom. The first-order chi connectivity index (χ1) is 7.89. The summed E-state index contributed by atoms with van der Waals surface area (Å²) in [6.07, 6.45) is 0. The number of anilines is 1. The zero-order chi connectivity index (χ0) is 12.8. The van der Waals surface area contributed by atoms with Crippen LogP contribution in [0.1, 0.15) is 26.3 Å². The van der Waals surface area contributed by atoms with Gasteiger partial charge in [-0.25, -0.2) is 4.90 Å². The number of nitrogens with zero attached hydrogens (tertiary/aromatic N) is 1. The van der Waals surface area contributed by atoms with Crippen LogP contribution in [0.4, 0.5) is 5.69 Å². The SMILES string of the molecule is COc1ccc2c(c1)N(C(C)=O)C(=O)C2(C)C. The zero-order valence-corrected chi connectivity index (χ0v) is 10.4. The molecule has 0 aromatic heterocycles. The summed E-state index contributed by atoms with van der Waals surface area (Å²) >= 11 is 0. The van der Waals surface area contributed by atoms with E-state index < -0.39 is 5.41 Å². The van der Waals surface area contributed by atoms with Crippen molar-refractivity contribution >= 4 is 17.5 Å². The van der Waals surface area contributed by atoms with Gasteiger partial charge in [-0.2, -0.15) is 0 Å². The third-order valence-corrected chi connectivity index (χ3v) is 3.17. The van der Waals surface area contributed by atoms with Crippen molar-refractivity contribution in [2.45, 2.75) is 26.2 Å². The van der Waals surface area contributed by atoms with Gasteiger partial charge in [-0.1, -0.05) is 6.07 Å². The molecule has 0 saturated heterocycles. The molecule has 1 aromatic rings. The minimum Gasteiger partial charge on any atom is -0.497 e. The fraction of sp³-hybridized carbons (Fsp3) is 0.385. The molecule has 90 valence electrons. The maximum atomic E-state index is 12.2. The number of methoxy groups -OCH3 is 1. The first-order valence-electron chi connectivity index (χ1n) is 5.43. The quantitative estimate of drug-likeness (QED) is 0.743. The van der Waals surface area contributed by atoms with E-state index in [0.29, 0.717) is 11.4 Å². The van der Waals surface area contributed by atoms with Gasteiger partial charge in [0.25, 0.3) is 0 Å². The van der Waals surface area contributed by atoms with E-state index >= 15 is 0 Å². The molecule has 0 spiro atoms. The molecule has 17 heavy (non-hydrogen) atoms. The van der Waals surface area contributed by atoms with Crippen molar-refractivity contribution in [2.24, 2.45) is 0 Å². The van der Waals surface area contributed by atoms with Crippen molar-refractivity contribution in [1.29, 1.82) is 0 Å². The van der Waals surface area contributed by atoms with E-state index in [9.17, 15) is 9.59 Å². The van der Waals surface area contributed by atoms with Crippen molar-refractivity contribution in [3.8, 4) is 5.75 Å². The molecule has 0 radical (unpaired) electrons. The molecule has 0 unspecified atom stereocenters. The minimum absolute atomic E-state index is 0.187. The van der Waals surface area contributed by atoms with Gasteiger partial charge in [0.05, 0.1) is 18.2 Å². The molecule has 2 rings (SSSR count). The summed E-state index contributed by atoms with van der Waals surface area (Å²) in [5.41, 5.74) is 0.832. The molecule has 1 aromatic carbocycles. The highest BCUT2D eigenvalue weighted by Crippen LogP contribution is 2.43. The largest absolute Gasteiger partial charge is 0.497 e. The molecular weight excluding hydrogens is 218 g/mol. The van der Waals surface area contributed by atoms with Gasteiger partial charge < -0.3 is 4.74 Å². The summed E-state index contributed by atoms with van der Waals surface area (Å²) < 4.78 is 5.12. The predicted octanol–water partition coefficient (Wildman–Crippen LogP) is 1.87. The molecule has 0 N–H and O–H groups in total. The molecule has 0 atom stereocenters. The van der Waals surface area contributed by atoms with Crippen LogP contribution in [-0.4, -0.2) is 18.9 Å². The van der Waals surface area contributed by atoms with Gasteiger partial charge in [0.1, 0.15) is 5.75 Å². The van der Waals surface area contributed by atoms with Crippen LogP contribution in [0.5, 0.6) is 5.75 Å². The predicted molar refractivity (Wildman–Crippen MR) is 64.2 cm³/mol. The van der Waals surface area contributed by atoms with Gasteiger partial charge in [-0.15, -0.1) is 0 Å². The van der Waals surface area contributed by atoms with E-state index in [0.717, 1.165) is 5.56 Å². The number of hydrogen-bond acceptors (Lipinski definition) is 3. The van der Waals surface area contributed by atoms with Crippen LogP contribution < -0.4 is 9.64 Å². The van der Waals surface area contributed by atoms with Crippen LogP contribution in [0.2, 0.25) is 0 Å². The van der Waals surface area contributed by atoms with E-state index in [1.54, 1.807) is 19.2 Å². The Bertz CT molecular complexity index is 505. The molecule has 4 heteroatoms. The maximum absolute atomic E-state index is 12.2. The Hall–Kier alpha value is -1.84. The number of amides is 2. The Morgan fingerprint density at radius 2 is 2.00 bits per heavy atom. The van der Waals surface area contributed by atoms with E-state index in [1.807, 2.05) is 19.9 Å². The highest BCUT2D eigenvalue weighted by Gasteiger charge is 2.45. The molecule has 4 nitrogen and oxygen atoms in total. The summed E-state index contributed by atoms with van der Waals surface area (Å²) in [5, 5.41) is 0. The lowest BCUT2D eigenvalue weighted by Gasteiger charge is -2.17. The number of hydrogen-bond donors (Lipinski definition) is 0. The number of carbonyl (C=O) groups is 2. The molecule has 0 aliphatic carbocycles. The van der Waals surface area contributed by atoms with Crippen molar-refractivity contribution in [3.05, 3.63) is 23.8 Å². The number of fused-ring (bicyclic) bond motifs is 1.